The first kappa shape index (κ1) is 13.3. The summed E-state index contributed by atoms with van der Waals surface area (Å²) in [4.78, 5) is 0. The van der Waals surface area contributed by atoms with Gasteiger partial charge in [0.15, 0.2) is 0 Å². The molecule has 1 heteroatoms. The summed E-state index contributed by atoms with van der Waals surface area (Å²) in [6, 6.07) is 8.36. The zero-order valence-corrected chi connectivity index (χ0v) is 11.2. The number of allylic oxidation sites excluding steroid dienone is 4. The first-order valence-corrected chi connectivity index (χ1v) is 5.84. The van der Waals surface area contributed by atoms with Gasteiger partial charge in [-0.2, -0.15) is 0 Å². The van der Waals surface area contributed by atoms with E-state index in [1.165, 1.54) is 16.7 Å². The van der Waals surface area contributed by atoms with Gasteiger partial charge in [0.25, 0.3) is 0 Å². The molecule has 0 fully saturated rings. The molecule has 17 heavy (non-hydrogen) atoms. The Labute approximate surface area is 105 Å². The van der Waals surface area contributed by atoms with Crippen LogP contribution in [0.2, 0.25) is 0 Å². The molecule has 90 valence electrons. The van der Waals surface area contributed by atoms with Crippen molar-refractivity contribution in [3.63, 3.8) is 0 Å². The van der Waals surface area contributed by atoms with Gasteiger partial charge in [-0.25, -0.2) is 0 Å². The number of rotatable bonds is 4. The van der Waals surface area contributed by atoms with Crippen molar-refractivity contribution in [2.75, 3.05) is 7.05 Å². The Morgan fingerprint density at radius 3 is 2.35 bits per heavy atom. The van der Waals surface area contributed by atoms with Crippen LogP contribution in [0.15, 0.2) is 54.1 Å². The van der Waals surface area contributed by atoms with Crippen molar-refractivity contribution in [1.29, 1.82) is 0 Å². The maximum atomic E-state index is 3.93. The molecule has 1 aromatic rings. The number of hydrogen-bond donors (Lipinski definition) is 1. The summed E-state index contributed by atoms with van der Waals surface area (Å²) in [5.41, 5.74) is 5.94. The van der Waals surface area contributed by atoms with E-state index in [-0.39, 0.29) is 0 Å². The van der Waals surface area contributed by atoms with E-state index in [0.717, 1.165) is 11.3 Å². The van der Waals surface area contributed by atoms with Gasteiger partial charge in [0.2, 0.25) is 0 Å². The van der Waals surface area contributed by atoms with Crippen LogP contribution in [-0.2, 0) is 0 Å². The van der Waals surface area contributed by atoms with E-state index >= 15 is 0 Å². The lowest BCUT2D eigenvalue weighted by Crippen LogP contribution is -2.05. The summed E-state index contributed by atoms with van der Waals surface area (Å²) in [5.74, 6) is 0. The van der Waals surface area contributed by atoms with Crippen molar-refractivity contribution in [3.8, 4) is 0 Å². The third kappa shape index (κ3) is 3.63. The summed E-state index contributed by atoms with van der Waals surface area (Å²) >= 11 is 0. The van der Waals surface area contributed by atoms with Crippen LogP contribution < -0.4 is 5.32 Å². The van der Waals surface area contributed by atoms with E-state index < -0.39 is 0 Å². The molecule has 0 spiro atoms. The minimum atomic E-state index is 1.10. The lowest BCUT2D eigenvalue weighted by molar-refractivity contribution is 1.12. The van der Waals surface area contributed by atoms with Crippen LogP contribution in [-0.4, -0.2) is 7.05 Å². The van der Waals surface area contributed by atoms with Crippen LogP contribution >= 0.6 is 0 Å². The van der Waals surface area contributed by atoms with Gasteiger partial charge in [0.05, 0.1) is 0 Å². The number of hydrogen-bond acceptors (Lipinski definition) is 1. The fraction of sp³-hybridized carbons (Fsp3) is 0.250. The highest BCUT2D eigenvalue weighted by atomic mass is 14.8. The van der Waals surface area contributed by atoms with E-state index in [0.29, 0.717) is 0 Å². The van der Waals surface area contributed by atoms with Gasteiger partial charge in [-0.15, -0.1) is 0 Å². The third-order valence-electron chi connectivity index (χ3n) is 2.88. The molecule has 1 aromatic carbocycles. The van der Waals surface area contributed by atoms with Gasteiger partial charge >= 0.3 is 0 Å². The lowest BCUT2D eigenvalue weighted by Gasteiger charge is -2.09. The highest BCUT2D eigenvalue weighted by molar-refractivity contribution is 5.68. The van der Waals surface area contributed by atoms with Crippen LogP contribution in [0.1, 0.15) is 25.0 Å². The molecule has 0 saturated carbocycles. The molecule has 1 rings (SSSR count). The standard InChI is InChI=1S/C16H21N/c1-12(2)13(3)10-11-16(17-5)15-9-7-6-8-14(15)4/h6-11,17H,1H2,2-5H3/b13-10-,16-11-. The molecule has 1 N–H and O–H groups in total. The Bertz CT molecular complexity index is 464. The number of nitrogens with one attached hydrogen (secondary N) is 1. The first-order chi connectivity index (χ1) is 8.06. The molecule has 0 aliphatic carbocycles. The lowest BCUT2D eigenvalue weighted by atomic mass is 10.0. The van der Waals surface area contributed by atoms with E-state index in [4.69, 9.17) is 0 Å². The van der Waals surface area contributed by atoms with Gasteiger partial charge in [0.1, 0.15) is 0 Å². The summed E-state index contributed by atoms with van der Waals surface area (Å²) in [5, 5.41) is 3.24. The molecule has 0 unspecified atom stereocenters. The molecule has 1 nitrogen and oxygen atoms in total. The molecule has 0 amide bonds. The Morgan fingerprint density at radius 2 is 1.82 bits per heavy atom. The molecule has 0 heterocycles. The zero-order chi connectivity index (χ0) is 12.8. The molecule has 0 aliphatic rings. The fourth-order valence-corrected chi connectivity index (χ4v) is 1.53. The maximum absolute atomic E-state index is 3.93. The third-order valence-corrected chi connectivity index (χ3v) is 2.88. The van der Waals surface area contributed by atoms with Crippen molar-refractivity contribution < 1.29 is 0 Å². The van der Waals surface area contributed by atoms with Gasteiger partial charge in [-0.1, -0.05) is 42.5 Å². The fourth-order valence-electron chi connectivity index (χ4n) is 1.53. The van der Waals surface area contributed by atoms with Crippen molar-refractivity contribution >= 4 is 5.70 Å². The molecule has 0 bridgehead atoms. The van der Waals surface area contributed by atoms with E-state index in [9.17, 15) is 0 Å². The normalized spacial score (nSPS) is 12.5. The molecular weight excluding hydrogens is 206 g/mol. The highest BCUT2D eigenvalue weighted by Gasteiger charge is 2.01. The number of benzene rings is 1. The SMILES string of the molecule is C=C(C)/C(C)=C\C=C(/NC)c1ccccc1C. The molecule has 0 atom stereocenters. The van der Waals surface area contributed by atoms with E-state index in [2.05, 4.69) is 62.2 Å². The molecule has 0 aromatic heterocycles. The summed E-state index contributed by atoms with van der Waals surface area (Å²) in [6.45, 7) is 10.1. The van der Waals surface area contributed by atoms with Gasteiger partial charge in [0, 0.05) is 18.3 Å². The van der Waals surface area contributed by atoms with Gasteiger partial charge in [-0.05, 0) is 38.0 Å². The van der Waals surface area contributed by atoms with Crippen LogP contribution in [0.4, 0.5) is 0 Å². The molecule has 0 aliphatic heterocycles. The van der Waals surface area contributed by atoms with Crippen molar-refractivity contribution in [2.24, 2.45) is 0 Å². The van der Waals surface area contributed by atoms with E-state index in [1.54, 1.807) is 0 Å². The largest absolute Gasteiger partial charge is 0.388 e. The van der Waals surface area contributed by atoms with Crippen LogP contribution in [0.3, 0.4) is 0 Å². The maximum Gasteiger partial charge on any atom is 0.0413 e. The summed E-state index contributed by atoms with van der Waals surface area (Å²) < 4.78 is 0. The highest BCUT2D eigenvalue weighted by Crippen LogP contribution is 2.16. The average Bonchev–Trinajstić information content (AvgIpc) is 2.31. The second-order valence-electron chi connectivity index (χ2n) is 4.28. The Morgan fingerprint density at radius 1 is 1.18 bits per heavy atom. The van der Waals surface area contributed by atoms with Gasteiger partial charge in [-0.3, -0.25) is 0 Å². The van der Waals surface area contributed by atoms with Crippen LogP contribution in [0.5, 0.6) is 0 Å². The first-order valence-electron chi connectivity index (χ1n) is 5.84. The topological polar surface area (TPSA) is 12.0 Å². The predicted octanol–water partition coefficient (Wildman–Crippen LogP) is 4.08. The van der Waals surface area contributed by atoms with Crippen molar-refractivity contribution in [3.05, 3.63) is 65.3 Å². The number of aryl methyl sites for hydroxylation is 1. The zero-order valence-electron chi connectivity index (χ0n) is 11.2. The molecule has 0 radical (unpaired) electrons. The second kappa shape index (κ2) is 6.09. The van der Waals surface area contributed by atoms with Crippen molar-refractivity contribution in [1.82, 2.24) is 5.32 Å². The van der Waals surface area contributed by atoms with Gasteiger partial charge < -0.3 is 5.32 Å². The summed E-state index contributed by atoms with van der Waals surface area (Å²) in [7, 11) is 1.95. The Hall–Kier alpha value is -1.76. The second-order valence-corrected chi connectivity index (χ2v) is 4.28. The summed E-state index contributed by atoms with van der Waals surface area (Å²) in [6.07, 6.45) is 4.20. The van der Waals surface area contributed by atoms with Crippen molar-refractivity contribution in [2.45, 2.75) is 20.8 Å². The van der Waals surface area contributed by atoms with E-state index in [1.807, 2.05) is 14.0 Å². The molecular formula is C16H21N. The van der Waals surface area contributed by atoms with Crippen LogP contribution in [0, 0.1) is 6.92 Å². The average molecular weight is 227 g/mol. The minimum absolute atomic E-state index is 1.10. The smallest absolute Gasteiger partial charge is 0.0413 e. The molecule has 0 saturated heterocycles. The monoisotopic (exact) mass is 227 g/mol. The minimum Gasteiger partial charge on any atom is -0.388 e. The van der Waals surface area contributed by atoms with Crippen LogP contribution in [0.25, 0.3) is 5.70 Å². The quantitative estimate of drug-likeness (QED) is 0.764. The Balaban J connectivity index is 3.09. The predicted molar refractivity (Wildman–Crippen MR) is 76.8 cm³/mol. The Kier molecular flexibility index (Phi) is 4.77.